The number of benzene rings is 1. The van der Waals surface area contributed by atoms with E-state index in [1.807, 2.05) is 7.05 Å². The number of nitrogens with one attached hydrogen (secondary N) is 2. The molecule has 6 nitrogen and oxygen atoms in total. The van der Waals surface area contributed by atoms with Crippen molar-refractivity contribution >= 4 is 35.6 Å². The Bertz CT molecular complexity index is 571. The smallest absolute Gasteiger partial charge is 0.191 e. The van der Waals surface area contributed by atoms with Gasteiger partial charge in [0.25, 0.3) is 0 Å². The molecule has 0 radical (unpaired) electrons. The number of para-hydroxylation sites is 1. The number of halogens is 1. The normalized spacial score (nSPS) is 23.3. The molecule has 1 aromatic carbocycles. The highest BCUT2D eigenvalue weighted by atomic mass is 127. The fourth-order valence-electron chi connectivity index (χ4n) is 3.98. The highest BCUT2D eigenvalue weighted by molar-refractivity contribution is 14.0. The van der Waals surface area contributed by atoms with E-state index in [0.29, 0.717) is 12.1 Å². The maximum absolute atomic E-state index is 5.23. The molecular weight excluding hydrogens is 453 g/mol. The van der Waals surface area contributed by atoms with Gasteiger partial charge in [-0.1, -0.05) is 18.2 Å². The van der Waals surface area contributed by atoms with Crippen molar-refractivity contribution in [2.75, 3.05) is 58.4 Å². The monoisotopic (exact) mass is 487 g/mol. The standard InChI is InChI=1S/C20H33N5O.HI/c1-21-20(22-15-19-9-6-11-24(19)13-14-26-2)23-17-10-12-25(16-17)18-7-4-3-5-8-18;/h3-5,7-8,17,19H,6,9-16H2,1-2H3,(H2,21,22,23);1H. The molecule has 2 fully saturated rings. The summed E-state index contributed by atoms with van der Waals surface area (Å²) in [4.78, 5) is 9.39. The first kappa shape index (κ1) is 22.2. The lowest BCUT2D eigenvalue weighted by Gasteiger charge is -2.26. The molecule has 0 aromatic heterocycles. The minimum Gasteiger partial charge on any atom is -0.383 e. The fourth-order valence-corrected chi connectivity index (χ4v) is 3.98. The second kappa shape index (κ2) is 11.7. The summed E-state index contributed by atoms with van der Waals surface area (Å²) in [6.45, 7) is 6.06. The molecule has 1 aromatic rings. The Hall–Kier alpha value is -1.06. The van der Waals surface area contributed by atoms with Gasteiger partial charge in [-0.25, -0.2) is 0 Å². The van der Waals surface area contributed by atoms with E-state index in [0.717, 1.165) is 45.2 Å². The lowest BCUT2D eigenvalue weighted by atomic mass is 10.2. The molecule has 0 aliphatic carbocycles. The molecule has 2 unspecified atom stereocenters. The van der Waals surface area contributed by atoms with E-state index in [2.05, 4.69) is 55.8 Å². The fraction of sp³-hybridized carbons (Fsp3) is 0.650. The van der Waals surface area contributed by atoms with Crippen LogP contribution in [0.5, 0.6) is 0 Å². The average molecular weight is 487 g/mol. The quantitative estimate of drug-likeness (QED) is 0.351. The van der Waals surface area contributed by atoms with Crippen molar-refractivity contribution in [2.24, 2.45) is 4.99 Å². The van der Waals surface area contributed by atoms with E-state index in [1.54, 1.807) is 7.11 Å². The Morgan fingerprint density at radius 2 is 2.04 bits per heavy atom. The van der Waals surface area contributed by atoms with Gasteiger partial charge in [0.2, 0.25) is 0 Å². The number of nitrogens with zero attached hydrogens (tertiary/aromatic N) is 3. The molecule has 3 rings (SSSR count). The average Bonchev–Trinajstić information content (AvgIpc) is 3.33. The van der Waals surface area contributed by atoms with Crippen LogP contribution in [-0.4, -0.2) is 76.4 Å². The Morgan fingerprint density at radius 3 is 2.78 bits per heavy atom. The van der Waals surface area contributed by atoms with Gasteiger partial charge >= 0.3 is 0 Å². The number of rotatable bonds is 7. The second-order valence-corrected chi connectivity index (χ2v) is 7.19. The van der Waals surface area contributed by atoms with Crippen LogP contribution in [0.2, 0.25) is 0 Å². The van der Waals surface area contributed by atoms with Crippen LogP contribution in [0.25, 0.3) is 0 Å². The number of anilines is 1. The SMILES string of the molecule is CN=C(NCC1CCCN1CCOC)NC1CCN(c2ccccc2)C1.I. The lowest BCUT2D eigenvalue weighted by Crippen LogP contribution is -2.48. The minimum atomic E-state index is 0. The van der Waals surface area contributed by atoms with Crippen LogP contribution >= 0.6 is 24.0 Å². The molecule has 2 saturated heterocycles. The molecular formula is C20H34IN5O. The van der Waals surface area contributed by atoms with Crippen molar-refractivity contribution in [2.45, 2.75) is 31.3 Å². The maximum atomic E-state index is 5.23. The Labute approximate surface area is 180 Å². The summed E-state index contributed by atoms with van der Waals surface area (Å²) in [5.74, 6) is 0.920. The first-order valence-electron chi connectivity index (χ1n) is 9.80. The van der Waals surface area contributed by atoms with Crippen LogP contribution in [0.15, 0.2) is 35.3 Å². The summed E-state index contributed by atoms with van der Waals surface area (Å²) >= 11 is 0. The number of likely N-dealkylation sites (tertiary alicyclic amines) is 1. The van der Waals surface area contributed by atoms with Crippen molar-refractivity contribution < 1.29 is 4.74 Å². The van der Waals surface area contributed by atoms with Crippen LogP contribution < -0.4 is 15.5 Å². The van der Waals surface area contributed by atoms with Crippen LogP contribution in [0.3, 0.4) is 0 Å². The van der Waals surface area contributed by atoms with E-state index in [4.69, 9.17) is 4.74 Å². The molecule has 2 atom stereocenters. The van der Waals surface area contributed by atoms with Crippen molar-refractivity contribution in [3.8, 4) is 0 Å². The third kappa shape index (κ3) is 6.50. The van der Waals surface area contributed by atoms with Gasteiger partial charge in [0.1, 0.15) is 0 Å². The zero-order valence-corrected chi connectivity index (χ0v) is 18.9. The van der Waals surface area contributed by atoms with Crippen LogP contribution in [0, 0.1) is 0 Å². The summed E-state index contributed by atoms with van der Waals surface area (Å²) in [6.07, 6.45) is 3.66. The van der Waals surface area contributed by atoms with Gasteiger partial charge in [-0.2, -0.15) is 0 Å². The maximum Gasteiger partial charge on any atom is 0.191 e. The Kier molecular flexibility index (Phi) is 9.64. The molecule has 0 spiro atoms. The van der Waals surface area contributed by atoms with Crippen molar-refractivity contribution in [3.05, 3.63) is 30.3 Å². The molecule has 2 aliphatic heterocycles. The highest BCUT2D eigenvalue weighted by Crippen LogP contribution is 2.19. The van der Waals surface area contributed by atoms with Gasteiger partial charge in [0.15, 0.2) is 5.96 Å². The van der Waals surface area contributed by atoms with Crippen molar-refractivity contribution in [1.82, 2.24) is 15.5 Å². The number of guanidine groups is 1. The summed E-state index contributed by atoms with van der Waals surface area (Å²) in [5.41, 5.74) is 1.31. The number of hydrogen-bond acceptors (Lipinski definition) is 4. The predicted octanol–water partition coefficient (Wildman–Crippen LogP) is 2.16. The van der Waals surface area contributed by atoms with E-state index >= 15 is 0 Å². The van der Waals surface area contributed by atoms with Gasteiger partial charge in [0.05, 0.1) is 6.61 Å². The van der Waals surface area contributed by atoms with Gasteiger partial charge in [-0.05, 0) is 37.9 Å². The van der Waals surface area contributed by atoms with Gasteiger partial charge < -0.3 is 20.3 Å². The molecule has 2 N–H and O–H groups in total. The molecule has 2 heterocycles. The highest BCUT2D eigenvalue weighted by Gasteiger charge is 2.26. The summed E-state index contributed by atoms with van der Waals surface area (Å²) in [7, 11) is 3.63. The van der Waals surface area contributed by atoms with Crippen molar-refractivity contribution in [1.29, 1.82) is 0 Å². The molecule has 2 aliphatic rings. The second-order valence-electron chi connectivity index (χ2n) is 7.19. The first-order valence-corrected chi connectivity index (χ1v) is 9.80. The molecule has 0 amide bonds. The zero-order valence-electron chi connectivity index (χ0n) is 16.6. The topological polar surface area (TPSA) is 52.1 Å². The van der Waals surface area contributed by atoms with E-state index in [-0.39, 0.29) is 24.0 Å². The summed E-state index contributed by atoms with van der Waals surface area (Å²) in [6, 6.07) is 11.7. The zero-order chi connectivity index (χ0) is 18.2. The number of hydrogen-bond donors (Lipinski definition) is 2. The third-order valence-electron chi connectivity index (χ3n) is 5.46. The Morgan fingerprint density at radius 1 is 1.22 bits per heavy atom. The predicted molar refractivity (Wildman–Crippen MR) is 123 cm³/mol. The van der Waals surface area contributed by atoms with Crippen molar-refractivity contribution in [3.63, 3.8) is 0 Å². The van der Waals surface area contributed by atoms with Crippen LogP contribution in [0.4, 0.5) is 5.69 Å². The third-order valence-corrected chi connectivity index (χ3v) is 5.46. The van der Waals surface area contributed by atoms with E-state index < -0.39 is 0 Å². The Balaban J connectivity index is 0.00000261. The lowest BCUT2D eigenvalue weighted by molar-refractivity contribution is 0.141. The number of aliphatic imine (C=N–C) groups is 1. The van der Waals surface area contributed by atoms with E-state index in [9.17, 15) is 0 Å². The summed E-state index contributed by atoms with van der Waals surface area (Å²) < 4.78 is 5.23. The van der Waals surface area contributed by atoms with Gasteiger partial charge in [-0.3, -0.25) is 9.89 Å². The number of methoxy groups -OCH3 is 1. The molecule has 7 heteroatoms. The molecule has 0 saturated carbocycles. The minimum absolute atomic E-state index is 0. The first-order chi connectivity index (χ1) is 12.8. The summed E-state index contributed by atoms with van der Waals surface area (Å²) in [5, 5.41) is 7.14. The molecule has 0 bridgehead atoms. The number of ether oxygens (including phenoxy) is 1. The van der Waals surface area contributed by atoms with Gasteiger partial charge in [0, 0.05) is 58.1 Å². The van der Waals surface area contributed by atoms with Crippen LogP contribution in [0.1, 0.15) is 19.3 Å². The van der Waals surface area contributed by atoms with E-state index in [1.165, 1.54) is 25.1 Å². The van der Waals surface area contributed by atoms with Crippen LogP contribution in [-0.2, 0) is 4.74 Å². The van der Waals surface area contributed by atoms with Gasteiger partial charge in [-0.15, -0.1) is 24.0 Å². The molecule has 152 valence electrons. The molecule has 27 heavy (non-hydrogen) atoms. The largest absolute Gasteiger partial charge is 0.383 e.